The summed E-state index contributed by atoms with van der Waals surface area (Å²) in [5, 5.41) is 15.3. The molecular weight excluding hydrogens is 323 g/mol. The molecule has 1 atom stereocenters. The third kappa shape index (κ3) is 4.13. The fourth-order valence-corrected chi connectivity index (χ4v) is 2.51. The van der Waals surface area contributed by atoms with Gasteiger partial charge >= 0.3 is 6.03 Å². The molecule has 0 aliphatic rings. The Morgan fingerprint density at radius 2 is 2.00 bits per heavy atom. The van der Waals surface area contributed by atoms with Gasteiger partial charge in [-0.15, -0.1) is 0 Å². The van der Waals surface area contributed by atoms with E-state index in [-0.39, 0.29) is 18.9 Å². The molecule has 0 fully saturated rings. The number of imidazole rings is 1. The molecule has 1 unspecified atom stereocenters. The number of hydrogen-bond donors (Lipinski definition) is 3. The number of aryl methyl sites for hydroxylation is 1. The minimum atomic E-state index is -0.899. The van der Waals surface area contributed by atoms with Gasteiger partial charge < -0.3 is 20.1 Å². The summed E-state index contributed by atoms with van der Waals surface area (Å²) >= 11 is 0. The molecule has 0 saturated heterocycles. The van der Waals surface area contributed by atoms with Crippen molar-refractivity contribution in [3.8, 4) is 0 Å². The van der Waals surface area contributed by atoms with Gasteiger partial charge in [0.1, 0.15) is 11.5 Å². The Balaban J connectivity index is 1.50. The zero-order valence-corrected chi connectivity index (χ0v) is 13.7. The van der Waals surface area contributed by atoms with Crippen LogP contribution in [0.1, 0.15) is 23.1 Å². The number of benzene rings is 1. The number of aliphatic hydroxyl groups is 1. The van der Waals surface area contributed by atoms with E-state index in [0.29, 0.717) is 5.56 Å². The van der Waals surface area contributed by atoms with Gasteiger partial charge in [-0.1, -0.05) is 18.2 Å². The molecule has 3 N–H and O–H groups in total. The highest BCUT2D eigenvalue weighted by molar-refractivity contribution is 5.73. The second kappa shape index (κ2) is 7.31. The number of carbonyl (C=O) groups excluding carboxylic acids is 1. The molecule has 3 aromatic rings. The van der Waals surface area contributed by atoms with Crippen LogP contribution in [0.15, 0.2) is 48.7 Å². The predicted octanol–water partition coefficient (Wildman–Crippen LogP) is 2.31. The molecule has 1 aromatic carbocycles. The molecule has 130 valence electrons. The first-order valence-corrected chi connectivity index (χ1v) is 7.92. The first-order valence-electron chi connectivity index (χ1n) is 7.92. The molecule has 6 nitrogen and oxygen atoms in total. The molecule has 0 bridgehead atoms. The Labute approximate surface area is 144 Å². The fourth-order valence-electron chi connectivity index (χ4n) is 2.51. The van der Waals surface area contributed by atoms with Crippen LogP contribution in [0.3, 0.4) is 0 Å². The summed E-state index contributed by atoms with van der Waals surface area (Å²) in [6.45, 7) is 2.29. The Morgan fingerprint density at radius 1 is 1.24 bits per heavy atom. The van der Waals surface area contributed by atoms with Crippen LogP contribution in [0.5, 0.6) is 0 Å². The molecule has 2 aromatic heterocycles. The number of pyridine rings is 1. The van der Waals surface area contributed by atoms with Gasteiger partial charge in [-0.25, -0.2) is 14.2 Å². The Kier molecular flexibility index (Phi) is 4.95. The van der Waals surface area contributed by atoms with Crippen LogP contribution in [0, 0.1) is 12.7 Å². The minimum Gasteiger partial charge on any atom is -0.387 e. The highest BCUT2D eigenvalue weighted by Crippen LogP contribution is 2.12. The van der Waals surface area contributed by atoms with E-state index in [4.69, 9.17) is 0 Å². The van der Waals surface area contributed by atoms with Gasteiger partial charge in [-0.05, 0) is 36.8 Å². The Morgan fingerprint density at radius 3 is 2.72 bits per heavy atom. The van der Waals surface area contributed by atoms with Gasteiger partial charge in [-0.2, -0.15) is 0 Å². The molecular formula is C18H19FN4O2. The number of aliphatic hydroxyl groups excluding tert-OH is 1. The van der Waals surface area contributed by atoms with E-state index in [1.807, 2.05) is 35.7 Å². The lowest BCUT2D eigenvalue weighted by molar-refractivity contribution is 0.173. The summed E-state index contributed by atoms with van der Waals surface area (Å²) in [6.07, 6.45) is 0.974. The van der Waals surface area contributed by atoms with E-state index in [2.05, 4.69) is 15.6 Å². The van der Waals surface area contributed by atoms with Crippen molar-refractivity contribution in [3.05, 3.63) is 71.4 Å². The van der Waals surface area contributed by atoms with Gasteiger partial charge in [0.2, 0.25) is 0 Å². The first-order chi connectivity index (χ1) is 12.0. The molecule has 2 amide bonds. The standard InChI is InChI=1S/C18H19FN4O2/c1-12-3-2-4-17-22-15(11-23(12)17)9-20-18(25)21-10-16(24)13-5-7-14(19)8-6-13/h2-8,11,16,24H,9-10H2,1H3,(H2,20,21,25). The molecule has 0 saturated carbocycles. The van der Waals surface area contributed by atoms with Crippen molar-refractivity contribution in [1.82, 2.24) is 20.0 Å². The van der Waals surface area contributed by atoms with Crippen molar-refractivity contribution in [3.63, 3.8) is 0 Å². The molecule has 2 heterocycles. The molecule has 0 aliphatic carbocycles. The van der Waals surface area contributed by atoms with Gasteiger partial charge in [0, 0.05) is 18.4 Å². The summed E-state index contributed by atoms with van der Waals surface area (Å²) < 4.78 is 14.8. The molecule has 7 heteroatoms. The van der Waals surface area contributed by atoms with Gasteiger partial charge in [0.15, 0.2) is 0 Å². The maximum atomic E-state index is 12.9. The summed E-state index contributed by atoms with van der Waals surface area (Å²) in [5.74, 6) is -0.371. The highest BCUT2D eigenvalue weighted by Gasteiger charge is 2.10. The van der Waals surface area contributed by atoms with E-state index >= 15 is 0 Å². The summed E-state index contributed by atoms with van der Waals surface area (Å²) in [7, 11) is 0. The number of amides is 2. The summed E-state index contributed by atoms with van der Waals surface area (Å²) in [6, 6.07) is 10.9. The van der Waals surface area contributed by atoms with Gasteiger partial charge in [0.05, 0.1) is 18.3 Å². The third-order valence-corrected chi connectivity index (χ3v) is 3.89. The second-order valence-corrected chi connectivity index (χ2v) is 5.76. The SMILES string of the molecule is Cc1cccc2nc(CNC(=O)NCC(O)c3ccc(F)cc3)cn12. The number of hydrogen-bond acceptors (Lipinski definition) is 3. The number of rotatable bonds is 5. The van der Waals surface area contributed by atoms with Crippen LogP contribution in [0.25, 0.3) is 5.65 Å². The van der Waals surface area contributed by atoms with E-state index in [1.165, 1.54) is 24.3 Å². The molecule has 0 spiro atoms. The maximum absolute atomic E-state index is 12.9. The van der Waals surface area contributed by atoms with E-state index in [1.54, 1.807) is 0 Å². The normalized spacial score (nSPS) is 12.1. The Hall–Kier alpha value is -2.93. The number of nitrogens with one attached hydrogen (secondary N) is 2. The third-order valence-electron chi connectivity index (χ3n) is 3.89. The smallest absolute Gasteiger partial charge is 0.315 e. The number of nitrogens with zero attached hydrogens (tertiary/aromatic N) is 2. The molecule has 3 rings (SSSR count). The summed E-state index contributed by atoms with van der Waals surface area (Å²) in [4.78, 5) is 16.3. The number of aromatic nitrogens is 2. The fraction of sp³-hybridized carbons (Fsp3) is 0.222. The van der Waals surface area contributed by atoms with Crippen LogP contribution >= 0.6 is 0 Å². The predicted molar refractivity (Wildman–Crippen MR) is 91.5 cm³/mol. The quantitative estimate of drug-likeness (QED) is 0.666. The topological polar surface area (TPSA) is 78.7 Å². The lowest BCUT2D eigenvalue weighted by Crippen LogP contribution is -2.37. The first kappa shape index (κ1) is 16.9. The van der Waals surface area contributed by atoms with Crippen LogP contribution in [0.2, 0.25) is 0 Å². The number of halogens is 1. The van der Waals surface area contributed by atoms with Crippen molar-refractivity contribution >= 4 is 11.7 Å². The van der Waals surface area contributed by atoms with E-state index in [0.717, 1.165) is 17.0 Å². The van der Waals surface area contributed by atoms with Crippen molar-refractivity contribution in [2.45, 2.75) is 19.6 Å². The van der Waals surface area contributed by atoms with Crippen LogP contribution in [-0.2, 0) is 6.54 Å². The second-order valence-electron chi connectivity index (χ2n) is 5.76. The van der Waals surface area contributed by atoms with Crippen molar-refractivity contribution in [1.29, 1.82) is 0 Å². The van der Waals surface area contributed by atoms with Crippen LogP contribution in [0.4, 0.5) is 9.18 Å². The van der Waals surface area contributed by atoms with E-state index < -0.39 is 12.1 Å². The van der Waals surface area contributed by atoms with Crippen molar-refractivity contribution < 1.29 is 14.3 Å². The minimum absolute atomic E-state index is 0.0295. The number of fused-ring (bicyclic) bond motifs is 1. The van der Waals surface area contributed by atoms with Crippen molar-refractivity contribution in [2.75, 3.05) is 6.54 Å². The summed E-state index contributed by atoms with van der Waals surface area (Å²) in [5.41, 5.74) is 3.16. The zero-order chi connectivity index (χ0) is 17.8. The molecule has 0 radical (unpaired) electrons. The maximum Gasteiger partial charge on any atom is 0.315 e. The van der Waals surface area contributed by atoms with Crippen LogP contribution < -0.4 is 10.6 Å². The molecule has 0 aliphatic heterocycles. The van der Waals surface area contributed by atoms with E-state index in [9.17, 15) is 14.3 Å². The number of carbonyl (C=O) groups is 1. The average Bonchev–Trinajstić information content (AvgIpc) is 3.03. The van der Waals surface area contributed by atoms with Crippen molar-refractivity contribution in [2.24, 2.45) is 0 Å². The Bertz CT molecular complexity index is 876. The largest absolute Gasteiger partial charge is 0.387 e. The lowest BCUT2D eigenvalue weighted by atomic mass is 10.1. The van der Waals surface area contributed by atoms with Crippen LogP contribution in [-0.4, -0.2) is 27.1 Å². The zero-order valence-electron chi connectivity index (χ0n) is 13.7. The number of urea groups is 1. The lowest BCUT2D eigenvalue weighted by Gasteiger charge is -2.12. The molecule has 25 heavy (non-hydrogen) atoms. The highest BCUT2D eigenvalue weighted by atomic mass is 19.1. The average molecular weight is 342 g/mol. The van der Waals surface area contributed by atoms with Gasteiger partial charge in [0.25, 0.3) is 0 Å². The van der Waals surface area contributed by atoms with Gasteiger partial charge in [-0.3, -0.25) is 0 Å². The monoisotopic (exact) mass is 342 g/mol.